The van der Waals surface area contributed by atoms with Gasteiger partial charge < -0.3 is 10.8 Å². The molecule has 0 fully saturated rings. The molecule has 0 spiro atoms. The highest BCUT2D eigenvalue weighted by atomic mass is 32.1. The summed E-state index contributed by atoms with van der Waals surface area (Å²) in [5.74, 6) is 0. The van der Waals surface area contributed by atoms with Gasteiger partial charge in [-0.15, -0.1) is 0 Å². The molecule has 0 aliphatic rings. The lowest BCUT2D eigenvalue weighted by atomic mass is 10.1. The quantitative estimate of drug-likeness (QED) is 0.478. The fourth-order valence-corrected chi connectivity index (χ4v) is 0.216. The number of hydrogen-bond acceptors (Lipinski definition) is 3. The normalized spacial score (nSPS) is 16.1. The van der Waals surface area contributed by atoms with Crippen molar-refractivity contribution in [1.29, 1.82) is 0 Å². The summed E-state index contributed by atoms with van der Waals surface area (Å²) in [5.41, 5.74) is 5.31. The van der Waals surface area contributed by atoms with E-state index in [1.807, 2.05) is 20.5 Å². The van der Waals surface area contributed by atoms with Gasteiger partial charge in [0.05, 0.1) is 6.04 Å². The first-order valence-corrected chi connectivity index (χ1v) is 2.81. The van der Waals surface area contributed by atoms with Crippen molar-refractivity contribution in [2.45, 2.75) is 24.6 Å². The number of nitrogens with two attached hydrogens (primary N) is 1. The van der Waals surface area contributed by atoms with Crippen LogP contribution in [0.2, 0.25) is 0 Å². The van der Waals surface area contributed by atoms with Crippen LogP contribution in [0.25, 0.3) is 0 Å². The van der Waals surface area contributed by atoms with Gasteiger partial charge in [0.1, 0.15) is 6.61 Å². The molecular formula is C5H11NOS. The molecule has 8 heavy (non-hydrogen) atoms. The van der Waals surface area contributed by atoms with Crippen LogP contribution in [0, 0.1) is 6.61 Å². The maximum Gasteiger partial charge on any atom is 0.147 e. The second-order valence-electron chi connectivity index (χ2n) is 2.26. The van der Waals surface area contributed by atoms with Gasteiger partial charge in [-0.3, -0.25) is 0 Å². The monoisotopic (exact) mass is 133 g/mol. The van der Waals surface area contributed by atoms with Crippen molar-refractivity contribution in [3.05, 3.63) is 6.61 Å². The van der Waals surface area contributed by atoms with E-state index in [2.05, 4.69) is 12.6 Å². The van der Waals surface area contributed by atoms with Crippen molar-refractivity contribution in [2.24, 2.45) is 5.73 Å². The molecule has 3 N–H and O–H groups in total. The van der Waals surface area contributed by atoms with Crippen LogP contribution in [0.4, 0.5) is 0 Å². The van der Waals surface area contributed by atoms with Gasteiger partial charge in [0.25, 0.3) is 0 Å². The first-order valence-electron chi connectivity index (χ1n) is 2.36. The Kier molecular flexibility index (Phi) is 2.80. The van der Waals surface area contributed by atoms with Crippen molar-refractivity contribution >= 4 is 12.6 Å². The minimum Gasteiger partial charge on any atom is -0.382 e. The SMILES string of the molecule is CC(C)(S)C(N)[C]O. The maximum absolute atomic E-state index is 8.25. The Hall–Kier alpha value is 0.270. The van der Waals surface area contributed by atoms with Crippen LogP contribution in [0.3, 0.4) is 0 Å². The molecule has 0 aliphatic carbocycles. The smallest absolute Gasteiger partial charge is 0.147 e. The molecule has 0 saturated carbocycles. The van der Waals surface area contributed by atoms with E-state index in [0.717, 1.165) is 0 Å². The summed E-state index contributed by atoms with van der Waals surface area (Å²) in [7, 11) is 0. The van der Waals surface area contributed by atoms with E-state index in [1.54, 1.807) is 0 Å². The highest BCUT2D eigenvalue weighted by Crippen LogP contribution is 2.15. The lowest BCUT2D eigenvalue weighted by Crippen LogP contribution is -2.38. The van der Waals surface area contributed by atoms with Crippen LogP contribution in [-0.4, -0.2) is 15.9 Å². The van der Waals surface area contributed by atoms with Crippen LogP contribution in [0.1, 0.15) is 13.8 Å². The third-order valence-electron chi connectivity index (χ3n) is 0.900. The van der Waals surface area contributed by atoms with E-state index in [4.69, 9.17) is 10.8 Å². The molecule has 0 aliphatic heterocycles. The van der Waals surface area contributed by atoms with Gasteiger partial charge in [-0.25, -0.2) is 0 Å². The molecule has 1 atom stereocenters. The summed E-state index contributed by atoms with van der Waals surface area (Å²) in [6.45, 7) is 5.53. The summed E-state index contributed by atoms with van der Waals surface area (Å²) in [6, 6.07) is -0.481. The van der Waals surface area contributed by atoms with E-state index in [9.17, 15) is 0 Å². The lowest BCUT2D eigenvalue weighted by Gasteiger charge is -2.22. The van der Waals surface area contributed by atoms with Crippen LogP contribution < -0.4 is 5.73 Å². The molecule has 1 unspecified atom stereocenters. The van der Waals surface area contributed by atoms with Gasteiger partial charge in [-0.2, -0.15) is 12.6 Å². The average molecular weight is 133 g/mol. The van der Waals surface area contributed by atoms with Gasteiger partial charge in [0.15, 0.2) is 0 Å². The van der Waals surface area contributed by atoms with E-state index in [-0.39, 0.29) is 4.75 Å². The predicted molar refractivity (Wildman–Crippen MR) is 36.2 cm³/mol. The number of hydrogen-bond donors (Lipinski definition) is 3. The molecule has 0 aromatic heterocycles. The highest BCUT2D eigenvalue weighted by Gasteiger charge is 2.21. The Balaban J connectivity index is 3.62. The van der Waals surface area contributed by atoms with E-state index >= 15 is 0 Å². The summed E-state index contributed by atoms with van der Waals surface area (Å²) >= 11 is 4.08. The Morgan fingerprint density at radius 2 is 2.12 bits per heavy atom. The summed E-state index contributed by atoms with van der Waals surface area (Å²) in [5, 5.41) is 8.25. The molecular weight excluding hydrogens is 122 g/mol. The van der Waals surface area contributed by atoms with Gasteiger partial charge in [0, 0.05) is 4.75 Å². The van der Waals surface area contributed by atoms with Crippen LogP contribution in [0.15, 0.2) is 0 Å². The molecule has 0 heterocycles. The number of thiol groups is 1. The minimum absolute atomic E-state index is 0.380. The third-order valence-corrected chi connectivity index (χ3v) is 1.18. The topological polar surface area (TPSA) is 46.2 Å². The molecule has 2 nitrogen and oxygen atoms in total. The molecule has 0 saturated heterocycles. The van der Waals surface area contributed by atoms with Crippen LogP contribution in [0.5, 0.6) is 0 Å². The van der Waals surface area contributed by atoms with Gasteiger partial charge >= 0.3 is 0 Å². The molecule has 0 amide bonds. The largest absolute Gasteiger partial charge is 0.382 e. The Morgan fingerprint density at radius 1 is 1.75 bits per heavy atom. The second-order valence-corrected chi connectivity index (χ2v) is 3.41. The second kappa shape index (κ2) is 2.71. The van der Waals surface area contributed by atoms with Crippen molar-refractivity contribution in [3.8, 4) is 0 Å². The molecule has 0 aromatic rings. The molecule has 2 radical (unpaired) electrons. The van der Waals surface area contributed by atoms with E-state index in [1.165, 1.54) is 0 Å². The summed E-state index contributed by atoms with van der Waals surface area (Å²) < 4.78 is -0.380. The Morgan fingerprint density at radius 3 is 2.12 bits per heavy atom. The summed E-state index contributed by atoms with van der Waals surface area (Å²) in [4.78, 5) is 0. The van der Waals surface area contributed by atoms with Gasteiger partial charge in [-0.1, -0.05) is 0 Å². The standard InChI is InChI=1S/C5H11NOS/c1-5(2,8)4(6)3-7/h4,7-8H,6H2,1-2H3. The Labute approximate surface area is 55.5 Å². The zero-order valence-corrected chi connectivity index (χ0v) is 5.94. The summed E-state index contributed by atoms with van der Waals surface area (Å²) in [6.07, 6.45) is 0. The highest BCUT2D eigenvalue weighted by molar-refractivity contribution is 7.81. The van der Waals surface area contributed by atoms with Crippen molar-refractivity contribution < 1.29 is 5.11 Å². The Bertz CT molecular complexity index is 69.3. The maximum atomic E-state index is 8.25. The first-order chi connectivity index (χ1) is 3.48. The van der Waals surface area contributed by atoms with Crippen LogP contribution >= 0.6 is 12.6 Å². The number of rotatable bonds is 2. The molecule has 3 heteroatoms. The van der Waals surface area contributed by atoms with E-state index < -0.39 is 6.04 Å². The van der Waals surface area contributed by atoms with Crippen molar-refractivity contribution in [1.82, 2.24) is 0 Å². The lowest BCUT2D eigenvalue weighted by molar-refractivity contribution is 0.332. The fraction of sp³-hybridized carbons (Fsp3) is 0.800. The third kappa shape index (κ3) is 2.55. The van der Waals surface area contributed by atoms with Crippen LogP contribution in [-0.2, 0) is 0 Å². The number of aliphatic hydroxyl groups excluding tert-OH is 1. The first kappa shape index (κ1) is 8.27. The zero-order chi connectivity index (χ0) is 6.78. The molecule has 0 bridgehead atoms. The minimum atomic E-state index is -0.481. The molecule has 0 rings (SSSR count). The van der Waals surface area contributed by atoms with Gasteiger partial charge in [-0.05, 0) is 13.8 Å². The zero-order valence-electron chi connectivity index (χ0n) is 5.05. The molecule has 48 valence electrons. The fourth-order valence-electron chi connectivity index (χ4n) is 0.158. The van der Waals surface area contributed by atoms with Crippen molar-refractivity contribution in [3.63, 3.8) is 0 Å². The van der Waals surface area contributed by atoms with Crippen molar-refractivity contribution in [2.75, 3.05) is 0 Å². The number of aliphatic hydroxyl groups is 1. The average Bonchev–Trinajstić information content (AvgIpc) is 1.62. The molecule has 0 aromatic carbocycles. The van der Waals surface area contributed by atoms with E-state index in [0.29, 0.717) is 0 Å². The predicted octanol–water partition coefficient (Wildman–Crippen LogP) is 0.433. The van der Waals surface area contributed by atoms with Gasteiger partial charge in [0.2, 0.25) is 0 Å².